The molecule has 0 spiro atoms. The Labute approximate surface area is 863 Å². The van der Waals surface area contributed by atoms with E-state index in [0.717, 1.165) is 198 Å². The monoisotopic (exact) mass is 1970 g/mol. The molecule has 0 bridgehead atoms. The summed E-state index contributed by atoms with van der Waals surface area (Å²) in [5.74, 6) is 0. The molecule has 10 heterocycles. The number of fused-ring (bicyclic) bond motifs is 30. The fourth-order valence-electron chi connectivity index (χ4n) is 21.6. The van der Waals surface area contributed by atoms with Crippen LogP contribution in [-0.4, -0.2) is 22.8 Å². The SMILES string of the molecule is N#Cc1cccc2c1sc1ccc(-n3c4ccccc4c4cccc(C#N)c43)cc12.N#Cc1cccc2c1sc1ccc(-n3c4ccccc4c4ccccc43)cc12.[C-]#[N+]c1ccc2c(c1)c1ccccc1n2-c1ccc2sc3c(C#N)cccc3c2c1.[C-]#[N+]c1ccc2c3ccccc3n(-c3ccc4sc5c(C#N)cccc5c4c3)c2c1.[C-]#[N+]c1cccc2c1c1ccccc1n2-c1ccc2sc3c(C#N)cccc3c2c1. The van der Waals surface area contributed by atoms with Crippen LogP contribution in [0.3, 0.4) is 0 Å². The first-order chi connectivity index (χ1) is 73.0. The van der Waals surface area contributed by atoms with E-state index in [4.69, 9.17) is 19.7 Å². The molecule has 0 fully saturated rings. The van der Waals surface area contributed by atoms with Gasteiger partial charge in [-0.3, -0.25) is 0 Å². The Bertz CT molecular complexity index is 11200. The molecule has 0 saturated carbocycles. The van der Waals surface area contributed by atoms with Crippen molar-refractivity contribution in [3.63, 3.8) is 0 Å². The smallest absolute Gasteiger partial charge is 0.197 e. The zero-order chi connectivity index (χ0) is 99.6. The molecule has 30 aromatic rings. The zero-order valence-electron chi connectivity index (χ0n) is 77.9. The lowest BCUT2D eigenvalue weighted by molar-refractivity contribution is 1.18. The fraction of sp³-hybridized carbons (Fsp3) is 0. The van der Waals surface area contributed by atoms with Gasteiger partial charge in [-0.25, -0.2) is 14.5 Å². The number of benzene rings is 20. The van der Waals surface area contributed by atoms with E-state index in [1.54, 1.807) is 56.7 Å². The van der Waals surface area contributed by atoms with E-state index >= 15 is 0 Å². The van der Waals surface area contributed by atoms with E-state index in [2.05, 4.69) is 304 Å². The molecule has 0 aliphatic rings. The van der Waals surface area contributed by atoms with Crippen LogP contribution >= 0.6 is 56.7 Å². The van der Waals surface area contributed by atoms with Crippen molar-refractivity contribution in [2.24, 2.45) is 0 Å². The van der Waals surface area contributed by atoms with E-state index in [1.165, 1.54) is 51.4 Å². The van der Waals surface area contributed by atoms with E-state index in [0.29, 0.717) is 39.3 Å². The summed E-state index contributed by atoms with van der Waals surface area (Å²) in [6, 6.07) is 150. The highest BCUT2D eigenvalue weighted by Crippen LogP contribution is 2.49. The van der Waals surface area contributed by atoms with E-state index < -0.39 is 0 Å². The van der Waals surface area contributed by atoms with Gasteiger partial charge < -0.3 is 22.8 Å². The van der Waals surface area contributed by atoms with Crippen LogP contribution in [0.2, 0.25) is 0 Å². The number of nitrogens with zero attached hydrogens (tertiary/aromatic N) is 14. The summed E-state index contributed by atoms with van der Waals surface area (Å²) in [5, 5.41) is 79.9. The summed E-state index contributed by atoms with van der Waals surface area (Å²) >= 11 is 8.33. The number of aromatic nitrogens is 5. The third-order valence-electron chi connectivity index (χ3n) is 28.1. The molecular formula is C129H66N14S5. The Morgan fingerprint density at radius 1 is 0.182 bits per heavy atom. The van der Waals surface area contributed by atoms with Crippen molar-refractivity contribution in [2.45, 2.75) is 0 Å². The minimum atomic E-state index is 0.632. The largest absolute Gasteiger partial charge is 0.311 e. The highest BCUT2D eigenvalue weighted by Gasteiger charge is 2.25. The van der Waals surface area contributed by atoms with E-state index in [9.17, 15) is 31.6 Å². The highest BCUT2D eigenvalue weighted by atomic mass is 32.1. The van der Waals surface area contributed by atoms with Gasteiger partial charge in [0.25, 0.3) is 0 Å². The number of nitriles is 6. The van der Waals surface area contributed by atoms with Gasteiger partial charge in [-0.05, 0) is 199 Å². The molecule has 0 aliphatic carbocycles. The van der Waals surface area contributed by atoms with Crippen LogP contribution < -0.4 is 0 Å². The maximum absolute atomic E-state index is 9.78. The van der Waals surface area contributed by atoms with Crippen molar-refractivity contribution in [3.05, 3.63) is 468 Å². The van der Waals surface area contributed by atoms with Crippen molar-refractivity contribution in [1.29, 1.82) is 31.6 Å². The Morgan fingerprint density at radius 3 is 0.797 bits per heavy atom. The average molecular weight is 1970 g/mol. The number of thiophene rings is 5. The second-order valence-electron chi connectivity index (χ2n) is 35.9. The average Bonchev–Trinajstić information content (AvgIpc) is 1.57. The molecule has 0 amide bonds. The van der Waals surface area contributed by atoms with Gasteiger partial charge in [-0.2, -0.15) is 31.6 Å². The fourth-order valence-corrected chi connectivity index (χ4v) is 27.4. The predicted molar refractivity (Wildman–Crippen MR) is 615 cm³/mol. The molecule has 14 nitrogen and oxygen atoms in total. The van der Waals surface area contributed by atoms with Crippen LogP contribution in [-0.2, 0) is 0 Å². The predicted octanol–water partition coefficient (Wildman–Crippen LogP) is 36.6. The zero-order valence-corrected chi connectivity index (χ0v) is 82.0. The van der Waals surface area contributed by atoms with Gasteiger partial charge in [-0.1, -0.05) is 212 Å². The lowest BCUT2D eigenvalue weighted by atomic mass is 10.1. The third kappa shape index (κ3) is 14.1. The Hall–Kier alpha value is -20.1. The van der Waals surface area contributed by atoms with Crippen LogP contribution in [0.15, 0.2) is 400 Å². The van der Waals surface area contributed by atoms with E-state index in [-0.39, 0.29) is 0 Å². The molecule has 0 unspecified atom stereocenters. The summed E-state index contributed by atoms with van der Waals surface area (Å²) in [6.45, 7) is 22.4. The normalized spacial score (nSPS) is 11.3. The summed E-state index contributed by atoms with van der Waals surface area (Å²) in [4.78, 5) is 11.0. The van der Waals surface area contributed by atoms with Gasteiger partial charge in [-0.15, -0.1) is 56.7 Å². The number of para-hydroxylation sites is 7. The maximum atomic E-state index is 9.78. The minimum absolute atomic E-state index is 0.632. The second kappa shape index (κ2) is 35.8. The maximum Gasteiger partial charge on any atom is 0.197 e. The lowest BCUT2D eigenvalue weighted by Crippen LogP contribution is -1.95. The van der Waals surface area contributed by atoms with Crippen LogP contribution in [0.4, 0.5) is 17.1 Å². The molecule has 19 heteroatoms. The molecule has 0 atom stereocenters. The molecule has 10 aromatic heterocycles. The molecule has 0 aliphatic heterocycles. The Morgan fingerprint density at radius 2 is 0.439 bits per heavy atom. The summed E-state index contributed by atoms with van der Waals surface area (Å²) in [6.07, 6.45) is 0. The van der Waals surface area contributed by atoms with Crippen molar-refractivity contribution in [2.75, 3.05) is 0 Å². The lowest BCUT2D eigenvalue weighted by Gasteiger charge is -2.09. The van der Waals surface area contributed by atoms with Crippen molar-refractivity contribution >= 4 is 284 Å². The highest BCUT2D eigenvalue weighted by molar-refractivity contribution is 7.27. The molecule has 0 radical (unpaired) electrons. The molecule has 30 rings (SSSR count). The van der Waals surface area contributed by atoms with Gasteiger partial charge in [0.05, 0.1) is 121 Å². The Balaban J connectivity index is 0.0000000936. The van der Waals surface area contributed by atoms with Gasteiger partial charge >= 0.3 is 0 Å². The third-order valence-corrected chi connectivity index (χ3v) is 34.2. The van der Waals surface area contributed by atoms with Crippen molar-refractivity contribution in [1.82, 2.24) is 22.8 Å². The molecule has 148 heavy (non-hydrogen) atoms. The topological polar surface area (TPSA) is 180 Å². The first-order valence-corrected chi connectivity index (χ1v) is 51.5. The molecule has 0 N–H and O–H groups in total. The summed E-state index contributed by atoms with van der Waals surface area (Å²) < 4.78 is 22.3. The van der Waals surface area contributed by atoms with Crippen LogP contribution in [0.25, 0.3) is 253 Å². The summed E-state index contributed by atoms with van der Waals surface area (Å²) in [5.41, 5.74) is 22.4. The standard InChI is InChI=1S/4C26H13N3S.C25H14N2S/c1-28-21-9-5-11-23-25(21)19-7-2-3-10-22(19)29(23)17-12-13-24-20(14-17)18-8-4-6-16(15-27)26(18)30-24;1-28-17-9-11-20-19-6-2-3-8-23(19)29(24(20)13-17)18-10-12-25-22(14-18)21-7-4-5-16(15-27)26(21)30-25;1-28-17-9-11-24-21(13-17)19-6-2-3-8-23(19)29(24)18-10-12-25-22(14-18)20-7-4-5-16(15-27)26(20)30-25;27-14-16-5-3-8-20-19-7-1-2-10-23(19)29(25(16)20)18-11-12-24-22(13-18)21-9-4-6-17(15-28)26(21)30-24;26-15-16-6-5-9-20-21-14-17(12-13-24(21)28-25(16)20)27-22-10-3-1-7-18(22)19-8-2-4-11-23(19)27/h3*2-14H;1-13H;1-14H. The van der Waals surface area contributed by atoms with Gasteiger partial charge in [0.2, 0.25) is 0 Å². The van der Waals surface area contributed by atoms with Gasteiger partial charge in [0.1, 0.15) is 36.4 Å². The molecule has 682 valence electrons. The van der Waals surface area contributed by atoms with Crippen molar-refractivity contribution in [3.8, 4) is 64.9 Å². The second-order valence-corrected chi connectivity index (χ2v) is 41.1. The molecule has 0 saturated heterocycles. The number of rotatable bonds is 5. The van der Waals surface area contributed by atoms with Crippen LogP contribution in [0.1, 0.15) is 33.4 Å². The van der Waals surface area contributed by atoms with Crippen LogP contribution in [0.5, 0.6) is 0 Å². The first kappa shape index (κ1) is 88.1. The minimum Gasteiger partial charge on any atom is -0.311 e. The number of hydrogen-bond acceptors (Lipinski definition) is 11. The van der Waals surface area contributed by atoms with Gasteiger partial charge in [0.15, 0.2) is 17.1 Å². The quantitative estimate of drug-likeness (QED) is 0.155. The number of hydrogen-bond donors (Lipinski definition) is 0. The summed E-state index contributed by atoms with van der Waals surface area (Å²) in [7, 11) is 0. The first-order valence-electron chi connectivity index (χ1n) is 47.4. The molecule has 20 aromatic carbocycles. The Kier molecular flexibility index (Phi) is 21.3. The molecular weight excluding hydrogens is 1910 g/mol. The van der Waals surface area contributed by atoms with Crippen LogP contribution in [0, 0.1) is 87.7 Å². The van der Waals surface area contributed by atoms with Gasteiger partial charge in [0, 0.05) is 160 Å². The van der Waals surface area contributed by atoms with E-state index in [1.807, 2.05) is 170 Å². The van der Waals surface area contributed by atoms with Crippen molar-refractivity contribution < 1.29 is 0 Å².